The van der Waals surface area contributed by atoms with Gasteiger partial charge in [-0.3, -0.25) is 0 Å². The van der Waals surface area contributed by atoms with Gasteiger partial charge in [0.2, 0.25) is 0 Å². The highest BCUT2D eigenvalue weighted by molar-refractivity contribution is 5.64. The second-order valence-electron chi connectivity index (χ2n) is 4.63. The quantitative estimate of drug-likeness (QED) is 0.659. The highest BCUT2D eigenvalue weighted by Crippen LogP contribution is 2.21. The Balaban J connectivity index is 1.79. The summed E-state index contributed by atoms with van der Waals surface area (Å²) in [5.74, 6) is 0.692. The van der Waals surface area contributed by atoms with Crippen LogP contribution in [0.2, 0.25) is 0 Å². The zero-order valence-corrected chi connectivity index (χ0v) is 11.3. The monoisotopic (exact) mass is 261 g/mol. The molecule has 0 fully saturated rings. The van der Waals surface area contributed by atoms with Crippen molar-refractivity contribution in [3.05, 3.63) is 84.2 Å². The van der Waals surface area contributed by atoms with Crippen LogP contribution in [-0.4, -0.2) is 4.98 Å². The molecule has 0 amide bonds. The van der Waals surface area contributed by atoms with Gasteiger partial charge in [-0.05, 0) is 18.1 Å². The van der Waals surface area contributed by atoms with Crippen molar-refractivity contribution in [2.24, 2.45) is 0 Å². The van der Waals surface area contributed by atoms with Crippen molar-refractivity contribution in [3.8, 4) is 11.1 Å². The van der Waals surface area contributed by atoms with Gasteiger partial charge in [-0.15, -0.1) is 0 Å². The predicted octanol–water partition coefficient (Wildman–Crippen LogP) is 3.81. The largest absolute Gasteiger partial charge is 0.438 e. The lowest BCUT2D eigenvalue weighted by Crippen LogP contribution is -2.26. The third-order valence-electron chi connectivity index (χ3n) is 3.05. The molecule has 0 aliphatic carbocycles. The lowest BCUT2D eigenvalue weighted by molar-refractivity contribution is -0.619. The molecule has 3 heteroatoms. The van der Waals surface area contributed by atoms with E-state index >= 15 is 0 Å². The zero-order chi connectivity index (χ0) is 13.8. The Morgan fingerprint density at radius 3 is 2.20 bits per heavy atom. The van der Waals surface area contributed by atoms with Gasteiger partial charge in [-0.25, -0.2) is 0 Å². The maximum absolute atomic E-state index is 4.40. The predicted molar refractivity (Wildman–Crippen MR) is 79.5 cm³/mol. The lowest BCUT2D eigenvalue weighted by atomic mass is 10.1. The fourth-order valence-corrected chi connectivity index (χ4v) is 1.94. The van der Waals surface area contributed by atoms with E-state index in [9.17, 15) is 0 Å². The van der Waals surface area contributed by atoms with Gasteiger partial charge >= 0.3 is 0 Å². The summed E-state index contributed by atoms with van der Waals surface area (Å²) < 4.78 is 1.74. The van der Waals surface area contributed by atoms with E-state index in [1.165, 1.54) is 11.1 Å². The van der Waals surface area contributed by atoms with Crippen LogP contribution in [0.5, 0.6) is 0 Å². The number of hydrogen-bond acceptors (Lipinski definition) is 1. The SMILES string of the molecule is Cc1ccc(-c2ccc([N-][n+]3ccccc3)nc2)cc1. The molecule has 0 aliphatic rings. The van der Waals surface area contributed by atoms with Crippen molar-refractivity contribution < 1.29 is 4.68 Å². The number of nitrogens with zero attached hydrogens (tertiary/aromatic N) is 3. The van der Waals surface area contributed by atoms with Crippen LogP contribution in [0.15, 0.2) is 73.2 Å². The minimum Gasteiger partial charge on any atom is -0.438 e. The molecule has 3 nitrogen and oxygen atoms in total. The first-order valence-electron chi connectivity index (χ1n) is 6.53. The van der Waals surface area contributed by atoms with Crippen molar-refractivity contribution in [1.29, 1.82) is 0 Å². The summed E-state index contributed by atoms with van der Waals surface area (Å²) in [6, 6.07) is 18.2. The molecule has 98 valence electrons. The van der Waals surface area contributed by atoms with Crippen molar-refractivity contribution in [3.63, 3.8) is 0 Å². The summed E-state index contributed by atoms with van der Waals surface area (Å²) in [4.78, 5) is 4.39. The van der Waals surface area contributed by atoms with Crippen LogP contribution in [0.4, 0.5) is 5.82 Å². The molecule has 0 spiro atoms. The molecular weight excluding hydrogens is 246 g/mol. The highest BCUT2D eigenvalue weighted by atomic mass is 15.4. The van der Waals surface area contributed by atoms with Crippen LogP contribution in [0, 0.1) is 6.92 Å². The van der Waals surface area contributed by atoms with Crippen molar-refractivity contribution >= 4 is 5.82 Å². The Kier molecular flexibility index (Phi) is 3.42. The Morgan fingerprint density at radius 1 is 0.850 bits per heavy atom. The number of hydrogen-bond donors (Lipinski definition) is 0. The van der Waals surface area contributed by atoms with Gasteiger partial charge in [0.15, 0.2) is 12.4 Å². The molecule has 20 heavy (non-hydrogen) atoms. The summed E-state index contributed by atoms with van der Waals surface area (Å²) in [5.41, 5.74) is 7.92. The smallest absolute Gasteiger partial charge is 0.182 e. The van der Waals surface area contributed by atoms with E-state index in [0.29, 0.717) is 5.82 Å². The summed E-state index contributed by atoms with van der Waals surface area (Å²) in [6.45, 7) is 2.08. The van der Waals surface area contributed by atoms with Crippen LogP contribution < -0.4 is 4.68 Å². The molecule has 3 rings (SSSR count). The third-order valence-corrected chi connectivity index (χ3v) is 3.05. The van der Waals surface area contributed by atoms with Crippen LogP contribution in [0.3, 0.4) is 0 Å². The van der Waals surface area contributed by atoms with E-state index in [1.54, 1.807) is 4.68 Å². The summed E-state index contributed by atoms with van der Waals surface area (Å²) in [6.07, 6.45) is 5.62. The topological polar surface area (TPSA) is 30.9 Å². The van der Waals surface area contributed by atoms with Gasteiger partial charge in [0.05, 0.1) is 0 Å². The van der Waals surface area contributed by atoms with E-state index in [0.717, 1.165) is 5.56 Å². The molecular formula is C17H15N3. The molecule has 0 radical (unpaired) electrons. The zero-order valence-electron chi connectivity index (χ0n) is 11.3. The molecule has 3 aromatic rings. The average molecular weight is 261 g/mol. The van der Waals surface area contributed by atoms with E-state index < -0.39 is 0 Å². The van der Waals surface area contributed by atoms with E-state index in [1.807, 2.05) is 48.9 Å². The fourth-order valence-electron chi connectivity index (χ4n) is 1.94. The summed E-state index contributed by atoms with van der Waals surface area (Å²) >= 11 is 0. The Hall–Kier alpha value is -2.68. The number of aromatic nitrogens is 2. The standard InChI is InChI=1S/C17H15N3/c1-14-5-7-15(8-6-14)16-9-10-17(18-13-16)19-20-11-3-2-4-12-20/h2-13H,1H3. The molecule has 0 aliphatic heterocycles. The second-order valence-corrected chi connectivity index (χ2v) is 4.63. The highest BCUT2D eigenvalue weighted by Gasteiger charge is 1.97. The molecule has 2 heterocycles. The van der Waals surface area contributed by atoms with Gasteiger partial charge in [0.25, 0.3) is 0 Å². The first-order chi connectivity index (χ1) is 9.81. The minimum atomic E-state index is 0.692. The van der Waals surface area contributed by atoms with Gasteiger partial charge in [0.1, 0.15) is 0 Å². The van der Waals surface area contributed by atoms with E-state index in [2.05, 4.69) is 41.6 Å². The van der Waals surface area contributed by atoms with Gasteiger partial charge in [-0.2, -0.15) is 10.1 Å². The number of rotatable bonds is 3. The maximum atomic E-state index is 4.40. The number of aryl methyl sites for hydroxylation is 1. The fraction of sp³-hybridized carbons (Fsp3) is 0.0588. The average Bonchev–Trinajstić information content (AvgIpc) is 2.50. The van der Waals surface area contributed by atoms with Crippen LogP contribution in [-0.2, 0) is 0 Å². The van der Waals surface area contributed by atoms with Crippen molar-refractivity contribution in [2.45, 2.75) is 6.92 Å². The van der Waals surface area contributed by atoms with Crippen molar-refractivity contribution in [1.82, 2.24) is 4.98 Å². The molecule has 0 N–H and O–H groups in total. The Bertz CT molecular complexity index is 674. The molecule has 0 bridgehead atoms. The first kappa shape index (κ1) is 12.4. The van der Waals surface area contributed by atoms with Crippen LogP contribution >= 0.6 is 0 Å². The second kappa shape index (κ2) is 5.53. The molecule has 0 atom stereocenters. The number of pyridine rings is 2. The van der Waals surface area contributed by atoms with E-state index in [-0.39, 0.29) is 0 Å². The maximum Gasteiger partial charge on any atom is 0.182 e. The summed E-state index contributed by atoms with van der Waals surface area (Å²) in [5, 5.41) is 0. The minimum absolute atomic E-state index is 0.692. The van der Waals surface area contributed by atoms with Gasteiger partial charge in [-0.1, -0.05) is 54.2 Å². The van der Waals surface area contributed by atoms with Gasteiger partial charge in [0, 0.05) is 18.0 Å². The van der Waals surface area contributed by atoms with Crippen LogP contribution in [0.1, 0.15) is 5.56 Å². The molecule has 1 aromatic carbocycles. The normalized spacial score (nSPS) is 10.2. The van der Waals surface area contributed by atoms with Crippen molar-refractivity contribution in [2.75, 3.05) is 0 Å². The molecule has 0 unspecified atom stereocenters. The first-order valence-corrected chi connectivity index (χ1v) is 6.53. The number of benzene rings is 1. The van der Waals surface area contributed by atoms with Crippen LogP contribution in [0.25, 0.3) is 16.6 Å². The molecule has 0 saturated carbocycles. The van der Waals surface area contributed by atoms with Gasteiger partial charge < -0.3 is 4.98 Å². The Labute approximate surface area is 118 Å². The van der Waals surface area contributed by atoms with E-state index in [4.69, 9.17) is 0 Å². The molecule has 0 saturated heterocycles. The third kappa shape index (κ3) is 2.83. The summed E-state index contributed by atoms with van der Waals surface area (Å²) in [7, 11) is 0. The Morgan fingerprint density at radius 2 is 1.55 bits per heavy atom. The lowest BCUT2D eigenvalue weighted by Gasteiger charge is -2.10. The molecule has 2 aromatic heterocycles.